The number of para-hydroxylation sites is 2. The van der Waals surface area contributed by atoms with Gasteiger partial charge in [-0.25, -0.2) is 14.8 Å². The van der Waals surface area contributed by atoms with Crippen LogP contribution in [0.2, 0.25) is 0 Å². The number of hydrogen-bond acceptors (Lipinski definition) is 5. The first-order valence-corrected chi connectivity index (χ1v) is 10.3. The van der Waals surface area contributed by atoms with Gasteiger partial charge in [0.25, 0.3) is 5.56 Å². The first-order valence-electron chi connectivity index (χ1n) is 10.3. The summed E-state index contributed by atoms with van der Waals surface area (Å²) < 4.78 is 1.95. The van der Waals surface area contributed by atoms with Crippen molar-refractivity contribution < 1.29 is 0 Å². The third kappa shape index (κ3) is 2.92. The average molecular weight is 391 g/mol. The van der Waals surface area contributed by atoms with E-state index < -0.39 is 5.69 Å². The molecule has 0 aliphatic carbocycles. The van der Waals surface area contributed by atoms with E-state index in [1.807, 2.05) is 28.8 Å². The Balaban J connectivity index is 1.71. The second-order valence-corrected chi connectivity index (χ2v) is 8.68. The Kier molecular flexibility index (Phi) is 4.17. The van der Waals surface area contributed by atoms with E-state index in [-0.39, 0.29) is 17.1 Å². The molecule has 2 fully saturated rings. The molecule has 29 heavy (non-hydrogen) atoms. The van der Waals surface area contributed by atoms with E-state index in [9.17, 15) is 9.59 Å². The molecule has 4 heterocycles. The summed E-state index contributed by atoms with van der Waals surface area (Å²) in [4.78, 5) is 38.5. The lowest BCUT2D eigenvalue weighted by atomic mass is 9.73. The van der Waals surface area contributed by atoms with Crippen LogP contribution in [0.4, 0.5) is 0 Å². The summed E-state index contributed by atoms with van der Waals surface area (Å²) in [6, 6.07) is 8.42. The van der Waals surface area contributed by atoms with Crippen LogP contribution in [-0.2, 0) is 0 Å². The molecule has 1 aromatic carbocycles. The van der Waals surface area contributed by atoms with Crippen LogP contribution in [0.1, 0.15) is 45.1 Å². The van der Waals surface area contributed by atoms with Gasteiger partial charge in [-0.1, -0.05) is 18.6 Å². The zero-order valence-electron chi connectivity index (χ0n) is 16.8. The molecule has 3 atom stereocenters. The molecular formula is C22H25N5O2. The first kappa shape index (κ1) is 18.2. The van der Waals surface area contributed by atoms with Crippen molar-refractivity contribution in [1.29, 1.82) is 0 Å². The number of aromatic amines is 1. The van der Waals surface area contributed by atoms with Gasteiger partial charge in [-0.15, -0.1) is 0 Å². The monoisotopic (exact) mass is 391 g/mol. The van der Waals surface area contributed by atoms with Crippen LogP contribution in [0.15, 0.2) is 46.2 Å². The fourth-order valence-corrected chi connectivity index (χ4v) is 5.33. The van der Waals surface area contributed by atoms with Crippen LogP contribution in [0.3, 0.4) is 0 Å². The number of H-pyrrole nitrogens is 1. The average Bonchev–Trinajstić information content (AvgIpc) is 2.70. The van der Waals surface area contributed by atoms with E-state index in [0.717, 1.165) is 30.3 Å². The summed E-state index contributed by atoms with van der Waals surface area (Å²) in [6.45, 7) is 2.33. The number of benzene rings is 1. The van der Waals surface area contributed by atoms with Crippen molar-refractivity contribution in [1.82, 2.24) is 24.4 Å². The quantitative estimate of drug-likeness (QED) is 0.726. The molecule has 7 nitrogen and oxygen atoms in total. The Hall–Kier alpha value is -2.80. The van der Waals surface area contributed by atoms with E-state index >= 15 is 0 Å². The van der Waals surface area contributed by atoms with Gasteiger partial charge in [-0.05, 0) is 51.8 Å². The molecule has 0 amide bonds. The normalized spacial score (nSPS) is 27.2. The number of aromatic nitrogens is 4. The molecule has 150 valence electrons. The van der Waals surface area contributed by atoms with Crippen molar-refractivity contribution in [2.24, 2.45) is 0 Å². The Labute approximate surface area is 168 Å². The number of piperidine rings is 2. The molecule has 2 aliphatic heterocycles. The fraction of sp³-hybridized carbons (Fsp3) is 0.455. The molecule has 7 heteroatoms. The largest absolute Gasteiger partial charge is 0.344 e. The molecule has 3 aromatic rings. The standard InChI is InChI=1S/C22H25N5O2/c1-22-9-5-6-15(26(22)2)10-16(11-22)27-18-8-4-3-7-17(18)25-19(20(27)28)14-12-23-21(29)24-13-14/h3-4,7-8,12-13,15-16H,5-6,9-11H2,1-2H3,(H,23,24,29)/t15-,16+,22?/m0/s1. The molecule has 2 aromatic heterocycles. The van der Waals surface area contributed by atoms with E-state index in [1.165, 1.54) is 25.2 Å². The Morgan fingerprint density at radius 2 is 2.03 bits per heavy atom. The highest BCUT2D eigenvalue weighted by Crippen LogP contribution is 2.45. The smallest absolute Gasteiger partial charge is 0.312 e. The molecule has 0 radical (unpaired) electrons. The van der Waals surface area contributed by atoms with Gasteiger partial charge in [0.15, 0.2) is 0 Å². The van der Waals surface area contributed by atoms with Crippen molar-refractivity contribution in [3.63, 3.8) is 0 Å². The van der Waals surface area contributed by atoms with Crippen LogP contribution in [0.25, 0.3) is 22.3 Å². The number of nitrogens with one attached hydrogen (secondary N) is 1. The topological polar surface area (TPSA) is 83.9 Å². The summed E-state index contributed by atoms with van der Waals surface area (Å²) >= 11 is 0. The van der Waals surface area contributed by atoms with Gasteiger partial charge in [-0.3, -0.25) is 9.69 Å². The summed E-state index contributed by atoms with van der Waals surface area (Å²) in [7, 11) is 2.23. The van der Waals surface area contributed by atoms with Crippen molar-refractivity contribution in [2.75, 3.05) is 7.05 Å². The summed E-state index contributed by atoms with van der Waals surface area (Å²) in [5, 5.41) is 0. The molecule has 1 N–H and O–H groups in total. The Morgan fingerprint density at radius 1 is 1.21 bits per heavy atom. The lowest BCUT2D eigenvalue weighted by Crippen LogP contribution is -2.58. The van der Waals surface area contributed by atoms with Gasteiger partial charge >= 0.3 is 5.69 Å². The lowest BCUT2D eigenvalue weighted by Gasteiger charge is -2.54. The van der Waals surface area contributed by atoms with Crippen LogP contribution in [-0.4, -0.2) is 43.0 Å². The minimum atomic E-state index is -0.439. The SMILES string of the molecule is CN1[C@H]2CCCC1(C)C[C@H](n1c(=O)c(-c3cnc(=O)[nH]c3)nc3ccccc31)C2. The van der Waals surface area contributed by atoms with Gasteiger partial charge in [0.2, 0.25) is 0 Å². The van der Waals surface area contributed by atoms with E-state index in [1.54, 1.807) is 0 Å². The molecule has 2 saturated heterocycles. The minimum Gasteiger partial charge on any atom is -0.312 e. The second kappa shape index (κ2) is 6.62. The molecule has 1 unspecified atom stereocenters. The van der Waals surface area contributed by atoms with Crippen LogP contribution in [0, 0.1) is 0 Å². The third-order valence-electron chi connectivity index (χ3n) is 6.98. The van der Waals surface area contributed by atoms with E-state index in [2.05, 4.69) is 33.8 Å². The summed E-state index contributed by atoms with van der Waals surface area (Å²) in [6.07, 6.45) is 8.43. The molecule has 0 saturated carbocycles. The van der Waals surface area contributed by atoms with Gasteiger partial charge in [0, 0.05) is 35.6 Å². The summed E-state index contributed by atoms with van der Waals surface area (Å²) in [5.41, 5.74) is 2.07. The predicted octanol–water partition coefficient (Wildman–Crippen LogP) is 2.72. The maximum absolute atomic E-state index is 13.6. The van der Waals surface area contributed by atoms with Crippen LogP contribution >= 0.6 is 0 Å². The fourth-order valence-electron chi connectivity index (χ4n) is 5.33. The Morgan fingerprint density at radius 3 is 2.79 bits per heavy atom. The van der Waals surface area contributed by atoms with Gasteiger partial charge in [0.05, 0.1) is 11.0 Å². The van der Waals surface area contributed by atoms with Crippen molar-refractivity contribution >= 4 is 11.0 Å². The third-order valence-corrected chi connectivity index (χ3v) is 6.98. The van der Waals surface area contributed by atoms with Gasteiger partial charge in [-0.2, -0.15) is 0 Å². The molecule has 2 aliphatic rings. The van der Waals surface area contributed by atoms with Gasteiger partial charge < -0.3 is 9.55 Å². The molecule has 0 spiro atoms. The zero-order valence-corrected chi connectivity index (χ0v) is 16.8. The van der Waals surface area contributed by atoms with Crippen LogP contribution in [0.5, 0.6) is 0 Å². The highest BCUT2D eigenvalue weighted by atomic mass is 16.1. The van der Waals surface area contributed by atoms with Gasteiger partial charge in [0.1, 0.15) is 5.69 Å². The summed E-state index contributed by atoms with van der Waals surface area (Å²) in [5.74, 6) is 0. The Bertz CT molecular complexity index is 1180. The number of fused-ring (bicyclic) bond motifs is 3. The number of nitrogens with zero attached hydrogens (tertiary/aromatic N) is 4. The minimum absolute atomic E-state index is 0.106. The molecular weight excluding hydrogens is 366 g/mol. The maximum Gasteiger partial charge on any atom is 0.344 e. The van der Waals surface area contributed by atoms with E-state index in [4.69, 9.17) is 0 Å². The number of rotatable bonds is 2. The molecule has 5 rings (SSSR count). The highest BCUT2D eigenvalue weighted by Gasteiger charge is 2.45. The second-order valence-electron chi connectivity index (χ2n) is 8.68. The molecule has 2 bridgehead atoms. The number of hydrogen-bond donors (Lipinski definition) is 1. The highest BCUT2D eigenvalue weighted by molar-refractivity contribution is 5.77. The maximum atomic E-state index is 13.6. The lowest BCUT2D eigenvalue weighted by molar-refractivity contribution is -0.0272. The van der Waals surface area contributed by atoms with Crippen LogP contribution < -0.4 is 11.2 Å². The van der Waals surface area contributed by atoms with E-state index in [0.29, 0.717) is 17.3 Å². The van der Waals surface area contributed by atoms with Crippen molar-refractivity contribution in [3.05, 3.63) is 57.5 Å². The van der Waals surface area contributed by atoms with Crippen molar-refractivity contribution in [3.8, 4) is 11.3 Å². The first-order chi connectivity index (χ1) is 14.0. The van der Waals surface area contributed by atoms with Crippen molar-refractivity contribution in [2.45, 2.75) is 56.7 Å². The zero-order chi connectivity index (χ0) is 20.2. The predicted molar refractivity (Wildman–Crippen MR) is 112 cm³/mol.